The van der Waals surface area contributed by atoms with Gasteiger partial charge in [-0.3, -0.25) is 10.2 Å². The minimum absolute atomic E-state index is 0.0227. The topological polar surface area (TPSA) is 129 Å². The van der Waals surface area contributed by atoms with Crippen molar-refractivity contribution >= 4 is 59.2 Å². The number of hydrogen-bond acceptors (Lipinski definition) is 5. The lowest BCUT2D eigenvalue weighted by atomic mass is 10.1. The minimum Gasteiger partial charge on any atom is -0.350 e. The van der Waals surface area contributed by atoms with Gasteiger partial charge in [0.15, 0.2) is 0 Å². The lowest BCUT2D eigenvalue weighted by Crippen LogP contribution is -2.23. The van der Waals surface area contributed by atoms with Crippen molar-refractivity contribution in [1.29, 1.82) is 0 Å². The molecular weight excluding hydrogens is 478 g/mol. The highest BCUT2D eigenvalue weighted by Crippen LogP contribution is 2.31. The number of aromatic amines is 1. The van der Waals surface area contributed by atoms with Crippen molar-refractivity contribution in [2.24, 2.45) is 10.2 Å². The van der Waals surface area contributed by atoms with E-state index >= 15 is 0 Å². The van der Waals surface area contributed by atoms with Crippen molar-refractivity contribution in [3.63, 3.8) is 0 Å². The summed E-state index contributed by atoms with van der Waals surface area (Å²) in [5, 5.41) is 12.2. The molecule has 0 spiro atoms. The Bertz CT molecular complexity index is 967. The van der Waals surface area contributed by atoms with Gasteiger partial charge in [0.25, 0.3) is 5.91 Å². The first kappa shape index (κ1) is 18.1. The SMILES string of the molecule is NS(=O)(=O)c1ccc(N/N=C2\CCNC(=O)c3[nH]c(Br)c(Br)c32)cc1. The number of halogens is 2. The number of amides is 1. The number of sulfonamides is 1. The molecule has 132 valence electrons. The predicted octanol–water partition coefficient (Wildman–Crippen LogP) is 2.14. The van der Waals surface area contributed by atoms with Crippen LogP contribution in [0.4, 0.5) is 5.69 Å². The molecule has 2 heterocycles. The highest BCUT2D eigenvalue weighted by molar-refractivity contribution is 9.13. The maximum absolute atomic E-state index is 12.1. The Morgan fingerprint density at radius 3 is 2.52 bits per heavy atom. The summed E-state index contributed by atoms with van der Waals surface area (Å²) in [5.74, 6) is -0.205. The van der Waals surface area contributed by atoms with E-state index in [-0.39, 0.29) is 10.8 Å². The van der Waals surface area contributed by atoms with E-state index in [9.17, 15) is 13.2 Å². The summed E-state index contributed by atoms with van der Waals surface area (Å²) in [7, 11) is -3.73. The van der Waals surface area contributed by atoms with Crippen LogP contribution in [0.5, 0.6) is 0 Å². The van der Waals surface area contributed by atoms with Gasteiger partial charge < -0.3 is 10.3 Å². The number of aromatic nitrogens is 1. The molecule has 2 aromatic rings. The van der Waals surface area contributed by atoms with Gasteiger partial charge >= 0.3 is 0 Å². The third-order valence-corrected chi connectivity index (χ3v) is 6.41. The van der Waals surface area contributed by atoms with Crippen LogP contribution >= 0.6 is 31.9 Å². The number of nitrogens with two attached hydrogens (primary N) is 1. The molecule has 1 aliphatic rings. The van der Waals surface area contributed by atoms with E-state index in [1.165, 1.54) is 12.1 Å². The van der Waals surface area contributed by atoms with Gasteiger partial charge in [0.05, 0.1) is 25.4 Å². The summed E-state index contributed by atoms with van der Waals surface area (Å²) in [6, 6.07) is 5.91. The highest BCUT2D eigenvalue weighted by atomic mass is 79.9. The van der Waals surface area contributed by atoms with Crippen molar-refractivity contribution in [3.8, 4) is 0 Å². The maximum atomic E-state index is 12.1. The van der Waals surface area contributed by atoms with Crippen LogP contribution in [0, 0.1) is 0 Å². The molecule has 0 atom stereocenters. The molecule has 8 nitrogen and oxygen atoms in total. The van der Waals surface area contributed by atoms with Crippen LogP contribution in [-0.4, -0.2) is 31.6 Å². The van der Waals surface area contributed by atoms with E-state index in [2.05, 4.69) is 52.7 Å². The third kappa shape index (κ3) is 3.78. The number of benzene rings is 1. The zero-order valence-electron chi connectivity index (χ0n) is 12.6. The zero-order chi connectivity index (χ0) is 18.2. The molecule has 1 aromatic carbocycles. The first-order valence-corrected chi connectivity index (χ1v) is 10.2. The molecule has 3 rings (SSSR count). The Hall–Kier alpha value is -1.69. The normalized spacial score (nSPS) is 16.3. The van der Waals surface area contributed by atoms with Crippen LogP contribution in [0.2, 0.25) is 0 Å². The molecule has 0 fully saturated rings. The van der Waals surface area contributed by atoms with E-state index in [0.29, 0.717) is 44.7 Å². The lowest BCUT2D eigenvalue weighted by Gasteiger charge is -2.06. The number of nitrogens with one attached hydrogen (secondary N) is 3. The second-order valence-electron chi connectivity index (χ2n) is 5.25. The van der Waals surface area contributed by atoms with Crippen molar-refractivity contribution in [2.75, 3.05) is 12.0 Å². The van der Waals surface area contributed by atoms with E-state index in [0.717, 1.165) is 0 Å². The van der Waals surface area contributed by atoms with E-state index in [4.69, 9.17) is 5.14 Å². The average Bonchev–Trinajstić information content (AvgIpc) is 2.76. The molecule has 0 bridgehead atoms. The first-order valence-electron chi connectivity index (χ1n) is 7.08. The summed E-state index contributed by atoms with van der Waals surface area (Å²) in [5.41, 5.74) is 5.24. The van der Waals surface area contributed by atoms with Gasteiger partial charge in [0.2, 0.25) is 10.0 Å². The molecule has 0 saturated carbocycles. The van der Waals surface area contributed by atoms with Crippen molar-refractivity contribution in [3.05, 3.63) is 44.6 Å². The predicted molar refractivity (Wildman–Crippen MR) is 101 cm³/mol. The molecule has 1 aliphatic heterocycles. The van der Waals surface area contributed by atoms with Crippen molar-refractivity contribution in [2.45, 2.75) is 11.3 Å². The van der Waals surface area contributed by atoms with Gasteiger partial charge in [0, 0.05) is 18.5 Å². The monoisotopic (exact) mass is 489 g/mol. The first-order chi connectivity index (χ1) is 11.8. The van der Waals surface area contributed by atoms with Crippen LogP contribution in [0.3, 0.4) is 0 Å². The van der Waals surface area contributed by atoms with Crippen LogP contribution in [-0.2, 0) is 10.0 Å². The summed E-state index contributed by atoms with van der Waals surface area (Å²) >= 11 is 6.80. The number of carbonyl (C=O) groups is 1. The number of rotatable bonds is 3. The second kappa shape index (κ2) is 6.90. The van der Waals surface area contributed by atoms with Crippen molar-refractivity contribution < 1.29 is 13.2 Å². The zero-order valence-corrected chi connectivity index (χ0v) is 16.6. The van der Waals surface area contributed by atoms with Crippen LogP contribution in [0.15, 0.2) is 43.3 Å². The number of nitrogens with zero attached hydrogens (tertiary/aromatic N) is 1. The van der Waals surface area contributed by atoms with Gasteiger partial charge in [-0.2, -0.15) is 5.10 Å². The summed E-state index contributed by atoms with van der Waals surface area (Å²) in [4.78, 5) is 15.1. The molecule has 1 amide bonds. The largest absolute Gasteiger partial charge is 0.350 e. The summed E-state index contributed by atoms with van der Waals surface area (Å²) in [6.45, 7) is 0.455. The van der Waals surface area contributed by atoms with Gasteiger partial charge in [-0.1, -0.05) is 0 Å². The van der Waals surface area contributed by atoms with E-state index in [1.54, 1.807) is 12.1 Å². The van der Waals surface area contributed by atoms with E-state index in [1.807, 2.05) is 0 Å². The van der Waals surface area contributed by atoms with Crippen LogP contribution < -0.4 is 15.9 Å². The fourth-order valence-corrected chi connectivity index (χ4v) is 3.80. The molecule has 11 heteroatoms. The Morgan fingerprint density at radius 2 is 1.88 bits per heavy atom. The number of carbonyl (C=O) groups excluding carboxylic acids is 1. The molecule has 0 unspecified atom stereocenters. The van der Waals surface area contributed by atoms with Gasteiger partial charge in [0.1, 0.15) is 5.69 Å². The Balaban J connectivity index is 1.91. The summed E-state index contributed by atoms with van der Waals surface area (Å²) < 4.78 is 23.9. The molecule has 1 aromatic heterocycles. The van der Waals surface area contributed by atoms with E-state index < -0.39 is 10.0 Å². The lowest BCUT2D eigenvalue weighted by molar-refractivity contribution is 0.0951. The number of anilines is 1. The number of hydrogen-bond donors (Lipinski definition) is 4. The average molecular weight is 491 g/mol. The molecular formula is C14H13Br2N5O3S. The molecule has 0 saturated heterocycles. The number of hydrazone groups is 1. The van der Waals surface area contributed by atoms with Crippen LogP contribution in [0.1, 0.15) is 22.5 Å². The number of H-pyrrole nitrogens is 1. The highest BCUT2D eigenvalue weighted by Gasteiger charge is 2.26. The van der Waals surface area contributed by atoms with Crippen LogP contribution in [0.25, 0.3) is 0 Å². The van der Waals surface area contributed by atoms with Crippen molar-refractivity contribution in [1.82, 2.24) is 10.3 Å². The second-order valence-corrected chi connectivity index (χ2v) is 8.40. The Kier molecular flexibility index (Phi) is 5.00. The Morgan fingerprint density at radius 1 is 1.20 bits per heavy atom. The third-order valence-electron chi connectivity index (χ3n) is 3.56. The van der Waals surface area contributed by atoms with Gasteiger partial charge in [-0.05, 0) is 56.1 Å². The maximum Gasteiger partial charge on any atom is 0.268 e. The Labute approximate surface area is 160 Å². The fourth-order valence-electron chi connectivity index (χ4n) is 2.36. The molecule has 0 radical (unpaired) electrons. The minimum atomic E-state index is -3.73. The van der Waals surface area contributed by atoms with Gasteiger partial charge in [-0.25, -0.2) is 13.6 Å². The summed E-state index contributed by atoms with van der Waals surface area (Å²) in [6.07, 6.45) is 0.532. The smallest absolute Gasteiger partial charge is 0.268 e. The molecule has 0 aliphatic carbocycles. The van der Waals surface area contributed by atoms with Gasteiger partial charge in [-0.15, -0.1) is 0 Å². The number of primary sulfonamides is 1. The standard InChI is InChI=1S/C14H13Br2N5O3S/c15-11-10-9(5-6-18-14(22)12(10)19-13(11)16)21-20-7-1-3-8(4-2-7)25(17,23)24/h1-4,19-20H,5-6H2,(H,18,22)(H2,17,23,24)/b21-9+. The quantitative estimate of drug-likeness (QED) is 0.491. The molecule has 5 N–H and O–H groups in total. The number of fused-ring (bicyclic) bond motifs is 1. The fraction of sp³-hybridized carbons (Fsp3) is 0.143. The molecule has 25 heavy (non-hydrogen) atoms.